The lowest BCUT2D eigenvalue weighted by Gasteiger charge is -2.34. The fourth-order valence-electron chi connectivity index (χ4n) is 7.84. The van der Waals surface area contributed by atoms with E-state index < -0.39 is 33.8 Å². The third-order valence-electron chi connectivity index (χ3n) is 10.1. The van der Waals surface area contributed by atoms with Crippen molar-refractivity contribution in [2.24, 2.45) is 0 Å². The number of hydrogen-bond acceptors (Lipinski definition) is 8. The molecule has 8 rings (SSSR count). The predicted molar refractivity (Wildman–Crippen MR) is 172 cm³/mol. The second kappa shape index (κ2) is 12.3. The molecule has 4 aliphatic rings. The molecule has 6 heterocycles. The molecule has 0 radical (unpaired) electrons. The lowest BCUT2D eigenvalue weighted by atomic mass is 9.95. The molecule has 2 aromatic heterocycles. The number of nitrogens with zero attached hydrogens (tertiary/aromatic N) is 5. The van der Waals surface area contributed by atoms with E-state index in [4.69, 9.17) is 30.8 Å². The summed E-state index contributed by atoms with van der Waals surface area (Å²) in [6, 6.07) is 11.3. The summed E-state index contributed by atoms with van der Waals surface area (Å²) in [5, 5.41) is -0.347. The van der Waals surface area contributed by atoms with E-state index in [2.05, 4.69) is 14.9 Å². The van der Waals surface area contributed by atoms with E-state index >= 15 is 4.39 Å². The minimum absolute atomic E-state index is 0.00903. The van der Waals surface area contributed by atoms with Crippen LogP contribution in [0.4, 0.5) is 23.4 Å². The van der Waals surface area contributed by atoms with Crippen LogP contribution < -0.4 is 14.4 Å². The van der Waals surface area contributed by atoms with Crippen LogP contribution in [0, 0.1) is 5.82 Å². The molecular formula is C35H34ClF4N5O3. The lowest BCUT2D eigenvalue weighted by Crippen LogP contribution is -2.44. The van der Waals surface area contributed by atoms with E-state index in [-0.39, 0.29) is 47.0 Å². The van der Waals surface area contributed by atoms with Gasteiger partial charge < -0.3 is 19.1 Å². The Labute approximate surface area is 280 Å². The Hall–Kier alpha value is -3.74. The van der Waals surface area contributed by atoms with Crippen molar-refractivity contribution in [2.45, 2.75) is 69.1 Å². The van der Waals surface area contributed by atoms with Crippen molar-refractivity contribution in [3.63, 3.8) is 0 Å². The Bertz CT molecular complexity index is 1820. The van der Waals surface area contributed by atoms with E-state index in [1.165, 1.54) is 6.20 Å². The first-order valence-corrected chi connectivity index (χ1v) is 16.8. The van der Waals surface area contributed by atoms with Crippen LogP contribution >= 0.6 is 11.6 Å². The molecule has 4 fully saturated rings. The molecule has 4 saturated heterocycles. The van der Waals surface area contributed by atoms with Gasteiger partial charge in [-0.2, -0.15) is 23.1 Å². The van der Waals surface area contributed by atoms with Crippen LogP contribution in [0.3, 0.4) is 0 Å². The standard InChI is InChI=1S/C35H34ClF4N5O3/c36-27-15-24(46-19-21-6-2-1-3-7-21)14-25(28(27)35(38,39)40)30-29(37)31-26(16-41-30)32(44-17-22-8-9-23(18-44)48-22)43-33(42-31)47-20-34-10-4-12-45(34)13-5-11-34/h1-3,6-7,14-16,22-23H,4-5,8-13,17-20H2. The number of benzene rings is 2. The molecule has 252 valence electrons. The number of alkyl halides is 3. The molecule has 2 bridgehead atoms. The Morgan fingerprint density at radius 2 is 1.71 bits per heavy atom. The number of ether oxygens (including phenoxy) is 3. The Morgan fingerprint density at radius 3 is 2.42 bits per heavy atom. The monoisotopic (exact) mass is 683 g/mol. The number of halogens is 5. The SMILES string of the molecule is Fc1c(-c2cc(OCc3ccccc3)cc(Cl)c2C(F)(F)F)ncc2c(N3CC4CCC(C3)O4)nc(OCC34CCCN3CCC4)nc12. The molecular weight excluding hydrogens is 650 g/mol. The Kier molecular flexibility index (Phi) is 8.08. The van der Waals surface area contributed by atoms with E-state index in [1.54, 1.807) is 0 Å². The minimum atomic E-state index is -4.90. The predicted octanol–water partition coefficient (Wildman–Crippen LogP) is 7.46. The third-order valence-corrected chi connectivity index (χ3v) is 10.4. The zero-order valence-electron chi connectivity index (χ0n) is 26.1. The molecule has 0 N–H and O–H groups in total. The van der Waals surface area contributed by atoms with Gasteiger partial charge in [0.1, 0.15) is 36.0 Å². The molecule has 0 saturated carbocycles. The zero-order valence-corrected chi connectivity index (χ0v) is 26.9. The lowest BCUT2D eigenvalue weighted by molar-refractivity contribution is -0.137. The van der Waals surface area contributed by atoms with Crippen molar-refractivity contribution < 1.29 is 31.8 Å². The highest BCUT2D eigenvalue weighted by Crippen LogP contribution is 2.45. The highest BCUT2D eigenvalue weighted by Gasteiger charge is 2.45. The van der Waals surface area contributed by atoms with E-state index in [1.807, 2.05) is 35.2 Å². The average molecular weight is 684 g/mol. The van der Waals surface area contributed by atoms with E-state index in [9.17, 15) is 13.2 Å². The summed E-state index contributed by atoms with van der Waals surface area (Å²) in [6.45, 7) is 3.51. The molecule has 0 aliphatic carbocycles. The third kappa shape index (κ3) is 5.81. The van der Waals surface area contributed by atoms with Crippen LogP contribution in [-0.2, 0) is 17.5 Å². The van der Waals surface area contributed by atoms with Gasteiger partial charge in [0.05, 0.1) is 33.7 Å². The molecule has 0 spiro atoms. The maximum absolute atomic E-state index is 16.8. The van der Waals surface area contributed by atoms with Gasteiger partial charge in [0.25, 0.3) is 0 Å². The van der Waals surface area contributed by atoms with Crippen molar-refractivity contribution in [1.29, 1.82) is 0 Å². The number of anilines is 1. The number of fused-ring (bicyclic) bond motifs is 4. The molecule has 2 aromatic carbocycles. The van der Waals surface area contributed by atoms with Crippen LogP contribution in [0.5, 0.6) is 11.8 Å². The topological polar surface area (TPSA) is 72.8 Å². The smallest absolute Gasteiger partial charge is 0.418 e. The molecule has 8 nitrogen and oxygen atoms in total. The molecule has 13 heteroatoms. The highest BCUT2D eigenvalue weighted by molar-refractivity contribution is 6.32. The van der Waals surface area contributed by atoms with Gasteiger partial charge in [0.2, 0.25) is 0 Å². The maximum Gasteiger partial charge on any atom is 0.418 e. The van der Waals surface area contributed by atoms with Gasteiger partial charge in [0.15, 0.2) is 5.82 Å². The van der Waals surface area contributed by atoms with Crippen LogP contribution in [-0.4, -0.2) is 70.4 Å². The van der Waals surface area contributed by atoms with Gasteiger partial charge in [0, 0.05) is 24.8 Å². The van der Waals surface area contributed by atoms with Crippen LogP contribution in [0.15, 0.2) is 48.7 Å². The number of rotatable bonds is 8. The van der Waals surface area contributed by atoms with E-state index in [0.717, 1.165) is 69.3 Å². The zero-order chi connectivity index (χ0) is 33.0. The second-order valence-corrected chi connectivity index (χ2v) is 13.6. The summed E-state index contributed by atoms with van der Waals surface area (Å²) in [4.78, 5) is 18.0. The largest absolute Gasteiger partial charge is 0.489 e. The van der Waals surface area contributed by atoms with Gasteiger partial charge in [-0.25, -0.2) is 4.39 Å². The van der Waals surface area contributed by atoms with Gasteiger partial charge in [-0.15, -0.1) is 0 Å². The van der Waals surface area contributed by atoms with Crippen molar-refractivity contribution in [3.8, 4) is 23.0 Å². The molecule has 4 aromatic rings. The molecule has 2 unspecified atom stereocenters. The molecule has 48 heavy (non-hydrogen) atoms. The van der Waals surface area contributed by atoms with Gasteiger partial charge in [-0.3, -0.25) is 9.88 Å². The van der Waals surface area contributed by atoms with Gasteiger partial charge >= 0.3 is 12.2 Å². The van der Waals surface area contributed by atoms with E-state index in [0.29, 0.717) is 25.5 Å². The Morgan fingerprint density at radius 1 is 0.979 bits per heavy atom. The fraction of sp³-hybridized carbons (Fsp3) is 0.457. The summed E-state index contributed by atoms with van der Waals surface area (Å²) in [7, 11) is 0. The first-order valence-electron chi connectivity index (χ1n) is 16.4. The van der Waals surface area contributed by atoms with Crippen LogP contribution in [0.2, 0.25) is 5.02 Å². The molecule has 0 amide bonds. The quantitative estimate of drug-likeness (QED) is 0.177. The average Bonchev–Trinajstić information content (AvgIpc) is 3.76. The van der Waals surface area contributed by atoms with Gasteiger partial charge in [-0.05, 0) is 69.3 Å². The van der Waals surface area contributed by atoms with Crippen molar-refractivity contribution in [3.05, 3.63) is 70.6 Å². The van der Waals surface area contributed by atoms with Crippen molar-refractivity contribution in [2.75, 3.05) is 37.7 Å². The van der Waals surface area contributed by atoms with Crippen LogP contribution in [0.25, 0.3) is 22.2 Å². The number of aromatic nitrogens is 3. The Balaban J connectivity index is 1.22. The summed E-state index contributed by atoms with van der Waals surface area (Å²) in [5.41, 5.74) is -1.79. The second-order valence-electron chi connectivity index (χ2n) is 13.2. The van der Waals surface area contributed by atoms with Crippen molar-refractivity contribution in [1.82, 2.24) is 19.9 Å². The normalized spacial score (nSPS) is 22.0. The molecule has 2 atom stereocenters. The number of hydrogen-bond donors (Lipinski definition) is 0. The first-order chi connectivity index (χ1) is 23.2. The number of pyridine rings is 1. The molecule has 4 aliphatic heterocycles. The first kappa shape index (κ1) is 31.5. The van der Waals surface area contributed by atoms with Gasteiger partial charge in [-0.1, -0.05) is 41.9 Å². The maximum atomic E-state index is 16.8. The van der Waals surface area contributed by atoms with Crippen molar-refractivity contribution >= 4 is 28.3 Å². The number of morpholine rings is 1. The fourth-order valence-corrected chi connectivity index (χ4v) is 8.16. The van der Waals surface area contributed by atoms with Crippen LogP contribution in [0.1, 0.15) is 49.7 Å². The highest BCUT2D eigenvalue weighted by atomic mass is 35.5. The summed E-state index contributed by atoms with van der Waals surface area (Å²) in [6.07, 6.45) is 2.41. The minimum Gasteiger partial charge on any atom is -0.489 e. The summed E-state index contributed by atoms with van der Waals surface area (Å²) in [5.74, 6) is -0.559. The summed E-state index contributed by atoms with van der Waals surface area (Å²) < 4.78 is 78.3. The summed E-state index contributed by atoms with van der Waals surface area (Å²) >= 11 is 6.24.